The Balaban J connectivity index is 1.32. The molecule has 0 saturated carbocycles. The number of hydrogen-bond donors (Lipinski definition) is 1. The van der Waals surface area contributed by atoms with Gasteiger partial charge in [-0.1, -0.05) is 17.9 Å². The Morgan fingerprint density at radius 2 is 1.59 bits per heavy atom. The molecule has 0 fully saturated rings. The van der Waals surface area contributed by atoms with Crippen molar-refractivity contribution in [2.24, 2.45) is 0 Å². The van der Waals surface area contributed by atoms with Gasteiger partial charge in [-0.3, -0.25) is 4.98 Å². The van der Waals surface area contributed by atoms with E-state index in [1.54, 1.807) is 24.3 Å². The fourth-order valence-corrected chi connectivity index (χ4v) is 4.20. The maximum absolute atomic E-state index is 15.9. The smallest absolute Gasteiger partial charge is 0.323 e. The Hall–Kier alpha value is -5.66. The predicted molar refractivity (Wildman–Crippen MR) is 144 cm³/mol. The highest BCUT2D eigenvalue weighted by atomic mass is 19.3. The standard InChI is InChI=1S/C31H19F5N6O2/c32-24-8-11-26(28(34)14-24)30(43,18-42-19-39-40-41-42)31(35,36)29-12-6-21(16-38-29)2-1-20-4-9-25(10-5-20)44-17-23-7-3-22(15-37)13-27(23)33/h3-14,16,19,43H,17-18H2. The molecular formula is C31H19F5N6O2. The van der Waals surface area contributed by atoms with Crippen LogP contribution in [0.25, 0.3) is 0 Å². The molecule has 0 spiro atoms. The lowest BCUT2D eigenvalue weighted by Crippen LogP contribution is -2.48. The fourth-order valence-electron chi connectivity index (χ4n) is 4.20. The molecule has 0 bridgehead atoms. The van der Waals surface area contributed by atoms with Crippen LogP contribution in [0.5, 0.6) is 5.75 Å². The van der Waals surface area contributed by atoms with Crippen LogP contribution in [0, 0.1) is 40.6 Å². The van der Waals surface area contributed by atoms with Gasteiger partial charge in [0.1, 0.15) is 41.8 Å². The van der Waals surface area contributed by atoms with E-state index in [0.717, 1.165) is 41.5 Å². The van der Waals surface area contributed by atoms with Gasteiger partial charge < -0.3 is 9.84 Å². The van der Waals surface area contributed by atoms with Gasteiger partial charge in [0.2, 0.25) is 0 Å². The lowest BCUT2D eigenvalue weighted by molar-refractivity contribution is -0.207. The van der Waals surface area contributed by atoms with Crippen molar-refractivity contribution in [3.63, 3.8) is 0 Å². The molecule has 8 nitrogen and oxygen atoms in total. The molecular weight excluding hydrogens is 583 g/mol. The molecule has 2 aromatic heterocycles. The minimum absolute atomic E-state index is 0.0517. The number of nitrogens with zero attached hydrogens (tertiary/aromatic N) is 6. The molecule has 0 saturated heterocycles. The summed E-state index contributed by atoms with van der Waals surface area (Å²) in [6.45, 7) is -1.02. The predicted octanol–water partition coefficient (Wildman–Crippen LogP) is 5.02. The third-order valence-corrected chi connectivity index (χ3v) is 6.55. The average Bonchev–Trinajstić information content (AvgIpc) is 3.52. The van der Waals surface area contributed by atoms with Crippen LogP contribution in [0.4, 0.5) is 22.0 Å². The summed E-state index contributed by atoms with van der Waals surface area (Å²) in [5.74, 6) is -1.06. The van der Waals surface area contributed by atoms with Gasteiger partial charge in [-0.05, 0) is 71.1 Å². The van der Waals surface area contributed by atoms with Gasteiger partial charge in [0.15, 0.2) is 5.60 Å². The highest BCUT2D eigenvalue weighted by molar-refractivity contribution is 5.44. The van der Waals surface area contributed by atoms with Gasteiger partial charge in [-0.15, -0.1) is 5.10 Å². The molecule has 220 valence electrons. The van der Waals surface area contributed by atoms with Crippen molar-refractivity contribution in [2.45, 2.75) is 24.7 Å². The van der Waals surface area contributed by atoms with Gasteiger partial charge in [-0.2, -0.15) is 14.0 Å². The number of nitriles is 1. The van der Waals surface area contributed by atoms with Gasteiger partial charge in [0.25, 0.3) is 0 Å². The Morgan fingerprint density at radius 1 is 0.864 bits per heavy atom. The highest BCUT2D eigenvalue weighted by Gasteiger charge is 2.58. The normalized spacial score (nSPS) is 12.5. The van der Waals surface area contributed by atoms with Crippen molar-refractivity contribution in [2.75, 3.05) is 0 Å². The maximum atomic E-state index is 15.9. The van der Waals surface area contributed by atoms with E-state index >= 15 is 8.78 Å². The summed E-state index contributed by atoms with van der Waals surface area (Å²) in [6, 6.07) is 16.5. The first-order valence-electron chi connectivity index (χ1n) is 12.8. The summed E-state index contributed by atoms with van der Waals surface area (Å²) in [6.07, 6.45) is 2.03. The van der Waals surface area contributed by atoms with Crippen LogP contribution >= 0.6 is 0 Å². The quantitative estimate of drug-likeness (QED) is 0.196. The molecule has 0 aliphatic carbocycles. The van der Waals surface area contributed by atoms with Gasteiger partial charge in [-0.25, -0.2) is 17.9 Å². The van der Waals surface area contributed by atoms with E-state index in [4.69, 9.17) is 10.00 Å². The van der Waals surface area contributed by atoms with Crippen molar-refractivity contribution >= 4 is 0 Å². The van der Waals surface area contributed by atoms with Crippen LogP contribution in [-0.4, -0.2) is 30.3 Å². The van der Waals surface area contributed by atoms with E-state index in [9.17, 15) is 18.3 Å². The third kappa shape index (κ3) is 6.23. The lowest BCUT2D eigenvalue weighted by atomic mass is 9.84. The average molecular weight is 603 g/mol. The summed E-state index contributed by atoms with van der Waals surface area (Å²) >= 11 is 0. The number of alkyl halides is 2. The number of ether oxygens (including phenoxy) is 1. The molecule has 2 heterocycles. The number of rotatable bonds is 8. The highest BCUT2D eigenvalue weighted by Crippen LogP contribution is 2.46. The lowest BCUT2D eigenvalue weighted by Gasteiger charge is -2.35. The van der Waals surface area contributed by atoms with Crippen LogP contribution < -0.4 is 4.74 Å². The molecule has 13 heteroatoms. The number of hydrogen-bond acceptors (Lipinski definition) is 7. The minimum atomic E-state index is -4.19. The molecule has 1 N–H and O–H groups in total. The zero-order valence-electron chi connectivity index (χ0n) is 22.4. The molecule has 0 amide bonds. The molecule has 3 aromatic carbocycles. The molecule has 1 unspecified atom stereocenters. The van der Waals surface area contributed by atoms with Gasteiger partial charge in [0, 0.05) is 34.5 Å². The summed E-state index contributed by atoms with van der Waals surface area (Å²) in [7, 11) is 0. The Kier molecular flexibility index (Phi) is 8.33. The summed E-state index contributed by atoms with van der Waals surface area (Å²) in [4.78, 5) is 3.78. The molecule has 0 aliphatic heterocycles. The number of benzene rings is 3. The summed E-state index contributed by atoms with van der Waals surface area (Å²) < 4.78 is 80.4. The van der Waals surface area contributed by atoms with Crippen molar-refractivity contribution in [3.8, 4) is 23.7 Å². The van der Waals surface area contributed by atoms with Crippen LogP contribution in [0.1, 0.15) is 33.5 Å². The zero-order valence-corrected chi connectivity index (χ0v) is 22.4. The monoisotopic (exact) mass is 602 g/mol. The van der Waals surface area contributed by atoms with E-state index in [1.807, 2.05) is 6.07 Å². The molecule has 0 radical (unpaired) electrons. The first-order chi connectivity index (χ1) is 21.1. The SMILES string of the molecule is N#Cc1ccc(COc2ccc(C#Cc3ccc(C(F)(F)C(O)(Cn4cnnn4)c4ccc(F)cc4F)nc3)cc2)c(F)c1. The van der Waals surface area contributed by atoms with Crippen molar-refractivity contribution in [1.29, 1.82) is 5.26 Å². The minimum Gasteiger partial charge on any atom is -0.489 e. The van der Waals surface area contributed by atoms with Crippen molar-refractivity contribution in [1.82, 2.24) is 25.2 Å². The van der Waals surface area contributed by atoms with E-state index < -0.39 is 46.8 Å². The first-order valence-corrected chi connectivity index (χ1v) is 12.8. The van der Waals surface area contributed by atoms with E-state index in [-0.39, 0.29) is 23.3 Å². The summed E-state index contributed by atoms with van der Waals surface area (Å²) in [5.41, 5.74) is -3.73. The molecule has 5 rings (SSSR count). The van der Waals surface area contributed by atoms with Crippen molar-refractivity contribution in [3.05, 3.63) is 136 Å². The topological polar surface area (TPSA) is 110 Å². The largest absolute Gasteiger partial charge is 0.489 e. The van der Waals surface area contributed by atoms with Crippen molar-refractivity contribution < 1.29 is 31.8 Å². The van der Waals surface area contributed by atoms with Crippen LogP contribution in [0.3, 0.4) is 0 Å². The van der Waals surface area contributed by atoms with E-state index in [2.05, 4.69) is 32.4 Å². The Bertz CT molecular complexity index is 1880. The molecule has 1 atom stereocenters. The van der Waals surface area contributed by atoms with Gasteiger partial charge in [0.05, 0.1) is 18.2 Å². The number of halogens is 5. The van der Waals surface area contributed by atoms with Gasteiger partial charge >= 0.3 is 5.92 Å². The van der Waals surface area contributed by atoms with Crippen LogP contribution in [-0.2, 0) is 24.7 Å². The second-order valence-corrected chi connectivity index (χ2v) is 9.48. The number of tetrazole rings is 1. The Morgan fingerprint density at radius 3 is 2.23 bits per heavy atom. The molecule has 44 heavy (non-hydrogen) atoms. The number of pyridine rings is 1. The van der Waals surface area contributed by atoms with Crippen LogP contribution in [0.2, 0.25) is 0 Å². The molecule has 5 aromatic rings. The summed E-state index contributed by atoms with van der Waals surface area (Å²) in [5, 5.41) is 30.3. The maximum Gasteiger partial charge on any atom is 0.323 e. The van der Waals surface area contributed by atoms with Crippen LogP contribution in [0.15, 0.2) is 85.3 Å². The van der Waals surface area contributed by atoms with E-state index in [0.29, 0.717) is 17.4 Å². The Labute approximate surface area is 247 Å². The number of aromatic nitrogens is 5. The third-order valence-electron chi connectivity index (χ3n) is 6.55. The number of aliphatic hydroxyl groups is 1. The molecule has 0 aliphatic rings. The second-order valence-electron chi connectivity index (χ2n) is 9.48. The first kappa shape index (κ1) is 29.8. The van der Waals surface area contributed by atoms with E-state index in [1.165, 1.54) is 18.2 Å². The second kappa shape index (κ2) is 12.3. The zero-order chi connectivity index (χ0) is 31.3. The fraction of sp³-hybridized carbons (Fsp3) is 0.129.